The Balaban J connectivity index is 1.06. The van der Waals surface area contributed by atoms with E-state index in [-0.39, 0.29) is 73.0 Å². The minimum Gasteiger partial charge on any atom is -0.507 e. The van der Waals surface area contributed by atoms with E-state index < -0.39 is 0 Å². The van der Waals surface area contributed by atoms with Crippen LogP contribution in [0.15, 0.2) is 251 Å². The molecule has 12 bridgehead atoms. The van der Waals surface area contributed by atoms with Gasteiger partial charge >= 0.3 is 0 Å². The van der Waals surface area contributed by atoms with Crippen LogP contribution in [0.3, 0.4) is 0 Å². The Kier molecular flexibility index (Phi) is 23.2. The summed E-state index contributed by atoms with van der Waals surface area (Å²) in [6, 6.07) is 62.2. The average molecular weight is 1370 g/mol. The van der Waals surface area contributed by atoms with Gasteiger partial charge in [-0.05, 0) is 192 Å². The van der Waals surface area contributed by atoms with Crippen molar-refractivity contribution in [2.24, 2.45) is 51.1 Å². The van der Waals surface area contributed by atoms with Gasteiger partial charge in [0, 0.05) is 94.2 Å². The zero-order valence-corrected chi connectivity index (χ0v) is 59.0. The number of para-hydroxylation sites is 1. The summed E-state index contributed by atoms with van der Waals surface area (Å²) in [4.78, 5) is 0. The van der Waals surface area contributed by atoms with Crippen LogP contribution in [0.5, 0.6) is 34.5 Å². The third-order valence-electron chi connectivity index (χ3n) is 18.5. The van der Waals surface area contributed by atoms with Crippen LogP contribution < -0.4 is 0 Å². The largest absolute Gasteiger partial charge is 0.507 e. The summed E-state index contributed by atoms with van der Waals surface area (Å²) in [7, 11) is 0. The van der Waals surface area contributed by atoms with E-state index in [9.17, 15) is 30.6 Å². The molecule has 0 amide bonds. The number of aryl methyl sites for hydroxylation is 5. The maximum absolute atomic E-state index is 12.9. The Labute approximate surface area is 602 Å². The van der Waals surface area contributed by atoms with E-state index in [4.69, 9.17) is 25.6 Å². The summed E-state index contributed by atoms with van der Waals surface area (Å²) >= 11 is 0. The van der Waals surface area contributed by atoms with Gasteiger partial charge in [0.2, 0.25) is 0 Å². The molecule has 12 rings (SSSR count). The highest BCUT2D eigenvalue weighted by atomic mass is 16.3. The molecule has 16 nitrogen and oxygen atoms in total. The SMILES string of the molecule is CCCc1ccc(N=Nc2cc3c(O)c(c2)Cc2cc(N=Nc4ccc(CCC)cc4)cc(c2O)Cc2cc(N=Nc4ccc(CCC)cc4)cc(c2O)Cc2cc(N=Nc4ccc(CCC)cc4)cc(c2O)Cc2cc(N=Nc4ccc(CCC)cc4)cc(c2O)Cc2cccc(c2O)C3)cc1. The molecular weight excluding hydrogens is 1280 g/mol. The van der Waals surface area contributed by atoms with E-state index in [1.54, 1.807) is 72.8 Å². The first-order chi connectivity index (χ1) is 50.2. The number of phenolic OH excluding ortho intramolecular Hbond substituents is 6. The third-order valence-corrected chi connectivity index (χ3v) is 18.5. The molecule has 0 saturated heterocycles. The summed E-state index contributed by atoms with van der Waals surface area (Å²) in [5.74, 6) is -0.638. The number of nitrogens with zero attached hydrogens (tertiary/aromatic N) is 10. The lowest BCUT2D eigenvalue weighted by atomic mass is 9.90. The van der Waals surface area contributed by atoms with Crippen LogP contribution in [0.4, 0.5) is 56.9 Å². The second kappa shape index (κ2) is 33.6. The van der Waals surface area contributed by atoms with Crippen molar-refractivity contribution >= 4 is 56.9 Å². The second-order valence-corrected chi connectivity index (χ2v) is 26.6. The number of fused-ring (bicyclic) bond motifs is 12. The molecule has 16 heteroatoms. The lowest BCUT2D eigenvalue weighted by Gasteiger charge is -2.18. The molecule has 11 aromatic carbocycles. The van der Waals surface area contributed by atoms with Crippen LogP contribution in [0.2, 0.25) is 0 Å². The molecule has 0 fully saturated rings. The molecule has 6 N–H and O–H groups in total. The van der Waals surface area contributed by atoms with E-state index in [2.05, 4.69) is 60.2 Å². The smallest absolute Gasteiger partial charge is 0.122 e. The molecule has 0 atom stereocenters. The van der Waals surface area contributed by atoms with Crippen molar-refractivity contribution in [1.29, 1.82) is 0 Å². The molecule has 0 radical (unpaired) electrons. The van der Waals surface area contributed by atoms with E-state index >= 15 is 0 Å². The highest BCUT2D eigenvalue weighted by Gasteiger charge is 2.24. The minimum atomic E-state index is -0.134. The summed E-state index contributed by atoms with van der Waals surface area (Å²) in [6.45, 7) is 10.7. The lowest BCUT2D eigenvalue weighted by Crippen LogP contribution is -2.01. The van der Waals surface area contributed by atoms with Crippen molar-refractivity contribution in [3.8, 4) is 34.5 Å². The molecule has 1 aliphatic rings. The molecular formula is C87H86N10O6. The Morgan fingerprint density at radius 1 is 0.194 bits per heavy atom. The molecule has 0 saturated carbocycles. The topological polar surface area (TPSA) is 245 Å². The van der Waals surface area contributed by atoms with Gasteiger partial charge in [-0.3, -0.25) is 0 Å². The monoisotopic (exact) mass is 1370 g/mol. The fraction of sp³-hybridized carbons (Fsp3) is 0.241. The first-order valence-corrected chi connectivity index (χ1v) is 35.7. The van der Waals surface area contributed by atoms with Crippen LogP contribution in [-0.2, 0) is 70.6 Å². The van der Waals surface area contributed by atoms with Crippen molar-refractivity contribution in [2.75, 3.05) is 0 Å². The third kappa shape index (κ3) is 18.2. The second-order valence-electron chi connectivity index (χ2n) is 26.6. The van der Waals surface area contributed by atoms with Crippen LogP contribution >= 0.6 is 0 Å². The molecule has 0 aliphatic heterocycles. The Hall–Kier alpha value is -11.8. The average Bonchev–Trinajstić information content (AvgIpc) is 0.792. The van der Waals surface area contributed by atoms with E-state index in [0.29, 0.717) is 124 Å². The number of phenols is 6. The van der Waals surface area contributed by atoms with Crippen molar-refractivity contribution in [2.45, 2.75) is 137 Å². The van der Waals surface area contributed by atoms with E-state index in [1.165, 1.54) is 27.8 Å². The normalized spacial score (nSPS) is 12.7. The van der Waals surface area contributed by atoms with E-state index in [0.717, 1.165) is 64.2 Å². The molecule has 0 aromatic heterocycles. The number of hydrogen-bond donors (Lipinski definition) is 6. The molecule has 0 spiro atoms. The van der Waals surface area contributed by atoms with Gasteiger partial charge in [-0.25, -0.2) is 0 Å². The van der Waals surface area contributed by atoms with Gasteiger partial charge < -0.3 is 30.6 Å². The minimum absolute atomic E-state index is 0.0254. The predicted octanol–water partition coefficient (Wildman–Crippen LogP) is 24.6. The first-order valence-electron chi connectivity index (χ1n) is 35.7. The summed E-state index contributed by atoms with van der Waals surface area (Å²) in [5, 5.41) is 124. The highest BCUT2D eigenvalue weighted by Crippen LogP contribution is 2.44. The van der Waals surface area contributed by atoms with Crippen molar-refractivity contribution < 1.29 is 30.6 Å². The van der Waals surface area contributed by atoms with E-state index in [1.807, 2.05) is 127 Å². The quantitative estimate of drug-likeness (QED) is 0.0405. The van der Waals surface area contributed by atoms with Crippen LogP contribution in [0.1, 0.15) is 161 Å². The first kappa shape index (κ1) is 71.1. The number of hydrogen-bond acceptors (Lipinski definition) is 16. The molecule has 520 valence electrons. The molecule has 103 heavy (non-hydrogen) atoms. The maximum Gasteiger partial charge on any atom is 0.122 e. The zero-order valence-electron chi connectivity index (χ0n) is 59.0. The fourth-order valence-electron chi connectivity index (χ4n) is 13.2. The molecule has 0 heterocycles. The molecule has 11 aromatic rings. The van der Waals surface area contributed by atoms with Crippen LogP contribution in [0, 0.1) is 0 Å². The number of rotatable bonds is 20. The zero-order chi connectivity index (χ0) is 71.8. The van der Waals surface area contributed by atoms with Gasteiger partial charge in [0.25, 0.3) is 0 Å². The number of aromatic hydroxyl groups is 6. The van der Waals surface area contributed by atoms with Gasteiger partial charge in [0.1, 0.15) is 34.5 Å². The highest BCUT2D eigenvalue weighted by molar-refractivity contribution is 5.65. The lowest BCUT2D eigenvalue weighted by molar-refractivity contribution is 0.451. The summed E-state index contributed by atoms with van der Waals surface area (Å²) in [5.41, 5.74) is 15.7. The standard InChI is InChI=1S/C87H86N10O6/c1-6-12-55-19-29-72(30-20-55)88-93-77-45-62-39-60-17-11-18-61(82(60)98)40-63-46-78(94-89-73-31-21-56(13-7-2)22-32-73)48-65(84(63)100)42-67-50-80(96-91-75-35-25-58(15-9-4)26-36-75)52-69(86(67)102)44-71-54-81(97-92-76-37-27-59(16-10-5)28-38-76)53-70(87(71)103)43-68-51-79(49-66(85(68)101)41-64(47-77)83(62)99)95-90-74-33-23-57(14-8-3)24-34-74/h11,17-38,45-54,98-103H,6-10,12-16,39-44H2,1-5H3. The van der Waals surface area contributed by atoms with Gasteiger partial charge in [-0.1, -0.05) is 146 Å². The Morgan fingerprint density at radius 2 is 0.340 bits per heavy atom. The molecule has 0 unspecified atom stereocenters. The van der Waals surface area contributed by atoms with Gasteiger partial charge in [0.15, 0.2) is 0 Å². The van der Waals surface area contributed by atoms with Crippen molar-refractivity contribution in [3.63, 3.8) is 0 Å². The van der Waals surface area contributed by atoms with Gasteiger partial charge in [-0.15, -0.1) is 0 Å². The summed E-state index contributed by atoms with van der Waals surface area (Å²) in [6.07, 6.45) is 9.40. The number of benzene rings is 11. The van der Waals surface area contributed by atoms with Crippen molar-refractivity contribution in [3.05, 3.63) is 295 Å². The van der Waals surface area contributed by atoms with Crippen LogP contribution in [-0.4, -0.2) is 30.6 Å². The Morgan fingerprint density at radius 3 is 0.505 bits per heavy atom. The van der Waals surface area contributed by atoms with Crippen molar-refractivity contribution in [1.82, 2.24) is 0 Å². The Bertz CT molecular complexity index is 4700. The predicted molar refractivity (Wildman–Crippen MR) is 409 cm³/mol. The van der Waals surface area contributed by atoms with Gasteiger partial charge in [-0.2, -0.15) is 51.1 Å². The van der Waals surface area contributed by atoms with Gasteiger partial charge in [0.05, 0.1) is 56.9 Å². The maximum atomic E-state index is 12.9. The summed E-state index contributed by atoms with van der Waals surface area (Å²) < 4.78 is 0. The molecule has 1 aliphatic carbocycles. The fourth-order valence-corrected chi connectivity index (χ4v) is 13.2. The van der Waals surface area contributed by atoms with Crippen LogP contribution in [0.25, 0.3) is 0 Å². The number of azo groups is 5.